The molecule has 16 heavy (non-hydrogen) atoms. The number of nitrogen functional groups attached to an aromatic ring is 1. The van der Waals surface area contributed by atoms with Gasteiger partial charge in [-0.2, -0.15) is 0 Å². The van der Waals surface area contributed by atoms with Crippen molar-refractivity contribution in [2.75, 3.05) is 5.73 Å². The van der Waals surface area contributed by atoms with Gasteiger partial charge in [0.05, 0.1) is 5.69 Å². The van der Waals surface area contributed by atoms with E-state index in [0.717, 1.165) is 12.1 Å². The van der Waals surface area contributed by atoms with Gasteiger partial charge in [0, 0.05) is 11.8 Å². The number of nitrogens with zero attached hydrogens (tertiary/aromatic N) is 2. The molecule has 6 heteroatoms. The van der Waals surface area contributed by atoms with Crippen molar-refractivity contribution in [1.29, 1.82) is 0 Å². The van der Waals surface area contributed by atoms with Gasteiger partial charge in [-0.3, -0.25) is 0 Å². The summed E-state index contributed by atoms with van der Waals surface area (Å²) in [6.07, 6.45) is 1.30. The number of benzene rings is 1. The first-order valence-electron chi connectivity index (χ1n) is 4.32. The van der Waals surface area contributed by atoms with Gasteiger partial charge in [-0.25, -0.2) is 23.1 Å². The molecule has 1 aromatic carbocycles. The van der Waals surface area contributed by atoms with Crippen molar-refractivity contribution in [2.45, 2.75) is 0 Å². The molecule has 1 aromatic heterocycles. The number of hydrogen-bond donors (Lipinski definition) is 1. The maximum atomic E-state index is 13.4. The zero-order chi connectivity index (χ0) is 11.7. The second kappa shape index (κ2) is 3.80. The van der Waals surface area contributed by atoms with Crippen LogP contribution in [0.15, 0.2) is 24.4 Å². The van der Waals surface area contributed by atoms with Gasteiger partial charge >= 0.3 is 0 Å². The molecule has 0 amide bonds. The number of nitrogens with two attached hydrogens (primary N) is 1. The van der Waals surface area contributed by atoms with Crippen LogP contribution in [0.4, 0.5) is 19.1 Å². The summed E-state index contributed by atoms with van der Waals surface area (Å²) in [6.45, 7) is 0. The quantitative estimate of drug-likeness (QED) is 0.756. The van der Waals surface area contributed by atoms with Crippen molar-refractivity contribution >= 4 is 5.95 Å². The van der Waals surface area contributed by atoms with E-state index in [9.17, 15) is 13.2 Å². The second-order valence-electron chi connectivity index (χ2n) is 3.02. The molecule has 0 aliphatic heterocycles. The number of hydrogen-bond acceptors (Lipinski definition) is 3. The maximum Gasteiger partial charge on any atom is 0.220 e. The van der Waals surface area contributed by atoms with Gasteiger partial charge < -0.3 is 5.73 Å². The van der Waals surface area contributed by atoms with Crippen LogP contribution in [0, 0.1) is 17.5 Å². The van der Waals surface area contributed by atoms with E-state index in [4.69, 9.17) is 5.73 Å². The standard InChI is InChI=1S/C10H6F3N3/c11-6-2-1-5(8(12)9(6)13)7-3-4-15-10(14)16-7/h1-4H,(H2,14,15,16). The zero-order valence-corrected chi connectivity index (χ0v) is 7.92. The SMILES string of the molecule is Nc1nccc(-c2ccc(F)c(F)c2F)n1. The molecule has 3 nitrogen and oxygen atoms in total. The van der Waals surface area contributed by atoms with Crippen molar-refractivity contribution in [1.82, 2.24) is 9.97 Å². The predicted octanol–water partition coefficient (Wildman–Crippen LogP) is 2.14. The minimum Gasteiger partial charge on any atom is -0.368 e. The Morgan fingerprint density at radius 1 is 1.00 bits per heavy atom. The minimum atomic E-state index is -1.53. The van der Waals surface area contributed by atoms with E-state index >= 15 is 0 Å². The Hall–Kier alpha value is -2.11. The van der Waals surface area contributed by atoms with Crippen LogP contribution in [0.25, 0.3) is 11.3 Å². The third-order valence-corrected chi connectivity index (χ3v) is 1.99. The normalized spacial score (nSPS) is 10.4. The van der Waals surface area contributed by atoms with Gasteiger partial charge in [0.15, 0.2) is 17.5 Å². The van der Waals surface area contributed by atoms with E-state index in [1.54, 1.807) is 0 Å². The summed E-state index contributed by atoms with van der Waals surface area (Å²) < 4.78 is 39.0. The van der Waals surface area contributed by atoms with E-state index < -0.39 is 17.5 Å². The third kappa shape index (κ3) is 1.69. The van der Waals surface area contributed by atoms with E-state index in [0.29, 0.717) is 0 Å². The molecule has 2 aromatic rings. The average molecular weight is 225 g/mol. The number of halogens is 3. The first-order valence-corrected chi connectivity index (χ1v) is 4.32. The first kappa shape index (κ1) is 10.4. The molecule has 0 aliphatic carbocycles. The maximum absolute atomic E-state index is 13.4. The third-order valence-electron chi connectivity index (χ3n) is 1.99. The second-order valence-corrected chi connectivity index (χ2v) is 3.02. The topological polar surface area (TPSA) is 51.8 Å². The molecule has 0 unspecified atom stereocenters. The van der Waals surface area contributed by atoms with E-state index in [1.807, 2.05) is 0 Å². The Labute approximate surface area is 88.8 Å². The highest BCUT2D eigenvalue weighted by molar-refractivity contribution is 5.60. The monoisotopic (exact) mass is 225 g/mol. The van der Waals surface area contributed by atoms with Crippen LogP contribution in [0.2, 0.25) is 0 Å². The fraction of sp³-hybridized carbons (Fsp3) is 0. The number of anilines is 1. The summed E-state index contributed by atoms with van der Waals surface area (Å²) in [6, 6.07) is 3.27. The van der Waals surface area contributed by atoms with Gasteiger partial charge in [0.1, 0.15) is 0 Å². The number of rotatable bonds is 1. The minimum absolute atomic E-state index is 0.0679. The summed E-state index contributed by atoms with van der Waals surface area (Å²) in [5, 5.41) is 0. The van der Waals surface area contributed by atoms with Crippen LogP contribution in [0.3, 0.4) is 0 Å². The summed E-state index contributed by atoms with van der Waals surface area (Å²) >= 11 is 0. The highest BCUT2D eigenvalue weighted by Crippen LogP contribution is 2.24. The van der Waals surface area contributed by atoms with Gasteiger partial charge in [-0.05, 0) is 18.2 Å². The Balaban J connectivity index is 2.61. The fourth-order valence-electron chi connectivity index (χ4n) is 1.25. The summed E-state index contributed by atoms with van der Waals surface area (Å²) in [5.41, 5.74) is 5.24. The lowest BCUT2D eigenvalue weighted by Gasteiger charge is -2.04. The van der Waals surface area contributed by atoms with Crippen molar-refractivity contribution < 1.29 is 13.2 Å². The summed E-state index contributed by atoms with van der Waals surface area (Å²) in [5.74, 6) is -4.14. The van der Waals surface area contributed by atoms with Crippen molar-refractivity contribution in [2.24, 2.45) is 0 Å². The number of aromatic nitrogens is 2. The zero-order valence-electron chi connectivity index (χ0n) is 7.92. The smallest absolute Gasteiger partial charge is 0.220 e. The molecule has 0 radical (unpaired) electrons. The molecule has 0 saturated heterocycles. The molecule has 82 valence electrons. The van der Waals surface area contributed by atoms with E-state index in [1.165, 1.54) is 12.3 Å². The first-order chi connectivity index (χ1) is 7.59. The largest absolute Gasteiger partial charge is 0.368 e. The van der Waals surface area contributed by atoms with Crippen LogP contribution in [0.1, 0.15) is 0 Å². The van der Waals surface area contributed by atoms with E-state index in [-0.39, 0.29) is 17.2 Å². The predicted molar refractivity (Wildman–Crippen MR) is 51.8 cm³/mol. The lowest BCUT2D eigenvalue weighted by molar-refractivity contribution is 0.449. The van der Waals surface area contributed by atoms with Gasteiger partial charge in [0.25, 0.3) is 0 Å². The lowest BCUT2D eigenvalue weighted by atomic mass is 10.1. The Morgan fingerprint density at radius 2 is 1.75 bits per heavy atom. The van der Waals surface area contributed by atoms with E-state index in [2.05, 4.69) is 9.97 Å². The van der Waals surface area contributed by atoms with Crippen molar-refractivity contribution in [3.05, 3.63) is 41.8 Å². The highest BCUT2D eigenvalue weighted by Gasteiger charge is 2.15. The summed E-state index contributed by atoms with van der Waals surface area (Å²) in [7, 11) is 0. The Morgan fingerprint density at radius 3 is 2.44 bits per heavy atom. The molecule has 0 bridgehead atoms. The molecule has 0 aliphatic rings. The van der Waals surface area contributed by atoms with Crippen molar-refractivity contribution in [3.8, 4) is 11.3 Å². The van der Waals surface area contributed by atoms with Gasteiger partial charge in [-0.1, -0.05) is 0 Å². The Bertz CT molecular complexity index is 543. The molecule has 1 heterocycles. The molecule has 0 atom stereocenters. The van der Waals surface area contributed by atoms with Crippen LogP contribution in [-0.4, -0.2) is 9.97 Å². The average Bonchev–Trinajstić information content (AvgIpc) is 2.26. The molecule has 2 rings (SSSR count). The molecule has 0 fully saturated rings. The lowest BCUT2D eigenvalue weighted by Crippen LogP contribution is -1.99. The molecule has 0 saturated carbocycles. The summed E-state index contributed by atoms with van der Waals surface area (Å²) in [4.78, 5) is 7.32. The van der Waals surface area contributed by atoms with Crippen LogP contribution in [0.5, 0.6) is 0 Å². The van der Waals surface area contributed by atoms with Gasteiger partial charge in [0.2, 0.25) is 5.95 Å². The van der Waals surface area contributed by atoms with Gasteiger partial charge in [-0.15, -0.1) is 0 Å². The van der Waals surface area contributed by atoms with Crippen LogP contribution < -0.4 is 5.73 Å². The molecule has 2 N–H and O–H groups in total. The van der Waals surface area contributed by atoms with Crippen LogP contribution >= 0.6 is 0 Å². The van der Waals surface area contributed by atoms with Crippen molar-refractivity contribution in [3.63, 3.8) is 0 Å². The molecular weight excluding hydrogens is 219 g/mol. The Kier molecular flexibility index (Phi) is 2.47. The highest BCUT2D eigenvalue weighted by atomic mass is 19.2. The fourth-order valence-corrected chi connectivity index (χ4v) is 1.25. The van der Waals surface area contributed by atoms with Crippen LogP contribution in [-0.2, 0) is 0 Å². The molecular formula is C10H6F3N3. The molecule has 0 spiro atoms.